The number of benzene rings is 3. The molecule has 0 bridgehead atoms. The molecule has 0 N–H and O–H groups in total. The zero-order valence-electron chi connectivity index (χ0n) is 15.7. The topological polar surface area (TPSA) is 17.1 Å². The zero-order valence-corrected chi connectivity index (χ0v) is 16.5. The van der Waals surface area contributed by atoms with E-state index in [4.69, 9.17) is 0 Å². The van der Waals surface area contributed by atoms with Crippen LogP contribution in [-0.2, 0) is 18.3 Å². The van der Waals surface area contributed by atoms with Gasteiger partial charge in [-0.25, -0.2) is 0 Å². The molecule has 0 saturated carbocycles. The lowest BCUT2D eigenvalue weighted by molar-refractivity contribution is -0.137. The van der Waals surface area contributed by atoms with Crippen molar-refractivity contribution >= 4 is 17.5 Å². The predicted octanol–water partition coefficient (Wildman–Crippen LogP) is 6.68. The van der Waals surface area contributed by atoms with Crippen LogP contribution in [0.4, 0.5) is 13.2 Å². The molecule has 0 aliphatic heterocycles. The average Bonchev–Trinajstić information content (AvgIpc) is 2.73. The van der Waals surface area contributed by atoms with Gasteiger partial charge < -0.3 is 0 Å². The number of carbonyl (C=O) groups is 1. The number of halogens is 3. The van der Waals surface area contributed by atoms with Gasteiger partial charge in [0.05, 0.1) is 5.56 Å². The lowest BCUT2D eigenvalue weighted by Crippen LogP contribution is -2.21. The number of ketones is 1. The highest BCUT2D eigenvalue weighted by Crippen LogP contribution is 2.30. The summed E-state index contributed by atoms with van der Waals surface area (Å²) in [4.78, 5) is 13.1. The Morgan fingerprint density at radius 3 is 2.07 bits per heavy atom. The van der Waals surface area contributed by atoms with Crippen molar-refractivity contribution in [2.24, 2.45) is 5.92 Å². The molecule has 0 aliphatic rings. The maximum absolute atomic E-state index is 13.1. The highest BCUT2D eigenvalue weighted by atomic mass is 32.2. The van der Waals surface area contributed by atoms with Crippen LogP contribution in [0.2, 0.25) is 0 Å². The molecule has 3 rings (SSSR count). The molecule has 3 aromatic rings. The quantitative estimate of drug-likeness (QED) is 0.383. The molecule has 1 nitrogen and oxygen atoms in total. The van der Waals surface area contributed by atoms with Gasteiger partial charge in [0.25, 0.3) is 0 Å². The first-order valence-electron chi connectivity index (χ1n) is 9.30. The van der Waals surface area contributed by atoms with Crippen LogP contribution in [0.3, 0.4) is 0 Å². The number of hydrogen-bond acceptors (Lipinski definition) is 2. The minimum atomic E-state index is -4.47. The van der Waals surface area contributed by atoms with Crippen molar-refractivity contribution in [2.45, 2.75) is 18.3 Å². The molecular weight excluding hydrogens is 393 g/mol. The Morgan fingerprint density at radius 2 is 1.45 bits per heavy atom. The van der Waals surface area contributed by atoms with Crippen molar-refractivity contribution in [3.05, 3.63) is 107 Å². The maximum Gasteiger partial charge on any atom is 0.416 e. The molecule has 0 radical (unpaired) electrons. The van der Waals surface area contributed by atoms with Crippen LogP contribution < -0.4 is 0 Å². The number of carbonyl (C=O) groups excluding carboxylic acids is 1. The van der Waals surface area contributed by atoms with Gasteiger partial charge in [0.2, 0.25) is 0 Å². The number of thioether (sulfide) groups is 1. The fraction of sp³-hybridized carbons (Fsp3) is 0.208. The fourth-order valence-corrected chi connectivity index (χ4v) is 4.20. The van der Waals surface area contributed by atoms with E-state index < -0.39 is 17.7 Å². The first-order chi connectivity index (χ1) is 13.9. The van der Waals surface area contributed by atoms with Gasteiger partial charge in [-0.3, -0.25) is 4.79 Å². The van der Waals surface area contributed by atoms with Gasteiger partial charge in [0.15, 0.2) is 5.78 Å². The predicted molar refractivity (Wildman–Crippen MR) is 112 cm³/mol. The van der Waals surface area contributed by atoms with E-state index in [-0.39, 0.29) is 11.3 Å². The van der Waals surface area contributed by atoms with Crippen LogP contribution in [-0.4, -0.2) is 11.5 Å². The number of Topliss-reactive ketones (excluding diaryl/α,β-unsaturated/α-hetero) is 1. The standard InChI is InChI=1S/C24H21F3OS/c25-24(26,27)22-13-7-12-20(15-22)23(28)21(14-18-8-3-1-4-9-18)17-29-16-19-10-5-2-6-11-19/h1-13,15,21H,14,16-17H2/t21-/m0/s1. The number of alkyl halides is 3. The van der Waals surface area contributed by atoms with Crippen molar-refractivity contribution in [1.29, 1.82) is 0 Å². The normalized spacial score (nSPS) is 12.5. The lowest BCUT2D eigenvalue weighted by atomic mass is 9.92. The Morgan fingerprint density at radius 1 is 0.828 bits per heavy atom. The summed E-state index contributed by atoms with van der Waals surface area (Å²) in [6, 6.07) is 24.2. The van der Waals surface area contributed by atoms with E-state index in [0.717, 1.165) is 29.0 Å². The summed E-state index contributed by atoms with van der Waals surface area (Å²) in [5, 5.41) is 0. The smallest absolute Gasteiger partial charge is 0.294 e. The molecule has 0 amide bonds. The summed E-state index contributed by atoms with van der Waals surface area (Å²) >= 11 is 1.62. The Labute approximate surface area is 173 Å². The van der Waals surface area contributed by atoms with Gasteiger partial charge >= 0.3 is 6.18 Å². The molecule has 0 aromatic heterocycles. The van der Waals surface area contributed by atoms with Gasteiger partial charge in [-0.1, -0.05) is 72.8 Å². The Kier molecular flexibility index (Phi) is 7.15. The Balaban J connectivity index is 1.77. The van der Waals surface area contributed by atoms with E-state index in [0.29, 0.717) is 12.2 Å². The molecule has 0 heterocycles. The van der Waals surface area contributed by atoms with E-state index in [2.05, 4.69) is 0 Å². The van der Waals surface area contributed by atoms with Crippen LogP contribution in [0.1, 0.15) is 27.0 Å². The van der Waals surface area contributed by atoms with Gasteiger partial charge in [-0.05, 0) is 29.7 Å². The monoisotopic (exact) mass is 414 g/mol. The summed E-state index contributed by atoms with van der Waals surface area (Å²) in [5.41, 5.74) is 1.47. The van der Waals surface area contributed by atoms with Crippen LogP contribution in [0.25, 0.3) is 0 Å². The number of hydrogen-bond donors (Lipinski definition) is 0. The first-order valence-corrected chi connectivity index (χ1v) is 10.5. The van der Waals surface area contributed by atoms with Crippen molar-refractivity contribution in [3.8, 4) is 0 Å². The molecule has 0 fully saturated rings. The van der Waals surface area contributed by atoms with Crippen LogP contribution in [0, 0.1) is 5.92 Å². The highest BCUT2D eigenvalue weighted by Gasteiger charge is 2.31. The molecule has 5 heteroatoms. The van der Waals surface area contributed by atoms with E-state index >= 15 is 0 Å². The second kappa shape index (κ2) is 9.79. The summed E-state index contributed by atoms with van der Waals surface area (Å²) < 4.78 is 39.2. The summed E-state index contributed by atoms with van der Waals surface area (Å²) in [5.74, 6) is 0.649. The molecule has 0 unspecified atom stereocenters. The molecular formula is C24H21F3OS. The van der Waals surface area contributed by atoms with Crippen LogP contribution >= 0.6 is 11.8 Å². The largest absolute Gasteiger partial charge is 0.416 e. The first kappa shape index (κ1) is 21.2. The average molecular weight is 414 g/mol. The molecule has 0 aliphatic carbocycles. The van der Waals surface area contributed by atoms with E-state index in [1.165, 1.54) is 12.1 Å². The SMILES string of the molecule is O=C(c1cccc(C(F)(F)F)c1)[C@H](CSCc1ccccc1)Cc1ccccc1. The van der Waals surface area contributed by atoms with E-state index in [1.807, 2.05) is 60.7 Å². The summed E-state index contributed by atoms with van der Waals surface area (Å²) in [7, 11) is 0. The summed E-state index contributed by atoms with van der Waals surface area (Å²) in [6.45, 7) is 0. The molecule has 0 saturated heterocycles. The van der Waals surface area contributed by atoms with Gasteiger partial charge in [0, 0.05) is 23.0 Å². The molecule has 1 atom stereocenters. The Hall–Kier alpha value is -2.53. The Bertz CT molecular complexity index is 924. The third-order valence-electron chi connectivity index (χ3n) is 4.60. The minimum absolute atomic E-state index is 0.112. The van der Waals surface area contributed by atoms with Gasteiger partial charge in [-0.2, -0.15) is 24.9 Å². The lowest BCUT2D eigenvalue weighted by Gasteiger charge is -2.17. The van der Waals surface area contributed by atoms with Gasteiger partial charge in [-0.15, -0.1) is 0 Å². The maximum atomic E-state index is 13.1. The third kappa shape index (κ3) is 6.23. The second-order valence-corrected chi connectivity index (χ2v) is 7.86. The third-order valence-corrected chi connectivity index (χ3v) is 5.78. The van der Waals surface area contributed by atoms with E-state index in [9.17, 15) is 18.0 Å². The highest BCUT2D eigenvalue weighted by molar-refractivity contribution is 7.98. The summed E-state index contributed by atoms with van der Waals surface area (Å²) in [6.07, 6.45) is -3.97. The van der Waals surface area contributed by atoms with Gasteiger partial charge in [0.1, 0.15) is 0 Å². The fourth-order valence-electron chi connectivity index (χ4n) is 3.10. The number of rotatable bonds is 8. The van der Waals surface area contributed by atoms with Crippen molar-refractivity contribution in [1.82, 2.24) is 0 Å². The van der Waals surface area contributed by atoms with Crippen LogP contribution in [0.15, 0.2) is 84.9 Å². The molecule has 0 spiro atoms. The van der Waals surface area contributed by atoms with Crippen molar-refractivity contribution in [2.75, 3.05) is 5.75 Å². The van der Waals surface area contributed by atoms with Crippen molar-refractivity contribution in [3.63, 3.8) is 0 Å². The molecule has 150 valence electrons. The minimum Gasteiger partial charge on any atom is -0.294 e. The zero-order chi connectivity index (χ0) is 20.7. The van der Waals surface area contributed by atoms with Crippen LogP contribution in [0.5, 0.6) is 0 Å². The van der Waals surface area contributed by atoms with Crippen molar-refractivity contribution < 1.29 is 18.0 Å². The van der Waals surface area contributed by atoms with E-state index in [1.54, 1.807) is 11.8 Å². The molecule has 3 aromatic carbocycles. The second-order valence-electron chi connectivity index (χ2n) is 6.83. The molecule has 29 heavy (non-hydrogen) atoms.